The third-order valence-electron chi connectivity index (χ3n) is 2.01. The Morgan fingerprint density at radius 3 is 2.73 bits per heavy atom. The van der Waals surface area contributed by atoms with Gasteiger partial charge in [0.15, 0.2) is 0 Å². The van der Waals surface area contributed by atoms with E-state index in [1.165, 1.54) is 6.33 Å². The van der Waals surface area contributed by atoms with Crippen LogP contribution < -0.4 is 0 Å². The van der Waals surface area contributed by atoms with Crippen LogP contribution in [-0.2, 0) is 14.9 Å². The fourth-order valence-electron chi connectivity index (χ4n) is 1.40. The molecule has 80 valence electrons. The lowest BCUT2D eigenvalue weighted by Crippen LogP contribution is -1.97. The Balaban J connectivity index is 2.93. The second-order valence-corrected chi connectivity index (χ2v) is 5.69. The van der Waals surface area contributed by atoms with E-state index in [2.05, 4.69) is 9.97 Å². The molecule has 0 aliphatic carbocycles. The number of nitrogens with zero attached hydrogens (tertiary/aromatic N) is 1. The number of imidazole rings is 1. The Morgan fingerprint density at radius 2 is 2.13 bits per heavy atom. The van der Waals surface area contributed by atoms with Crippen molar-refractivity contribution in [1.29, 1.82) is 0 Å². The van der Waals surface area contributed by atoms with Crippen molar-refractivity contribution in [2.45, 2.75) is 10.8 Å². The zero-order valence-electron chi connectivity index (χ0n) is 7.37. The smallest absolute Gasteiger partial charge is 0.263 e. The first-order valence-electron chi connectivity index (χ1n) is 3.99. The molecule has 1 N–H and O–H groups in total. The van der Waals surface area contributed by atoms with Crippen molar-refractivity contribution < 1.29 is 8.42 Å². The summed E-state index contributed by atoms with van der Waals surface area (Å²) in [4.78, 5) is 6.71. The number of alkyl halides is 1. The average molecular weight is 265 g/mol. The Kier molecular flexibility index (Phi) is 2.62. The van der Waals surface area contributed by atoms with E-state index in [0.717, 1.165) is 0 Å². The van der Waals surface area contributed by atoms with Gasteiger partial charge in [0, 0.05) is 16.6 Å². The monoisotopic (exact) mass is 264 g/mol. The third-order valence-corrected chi connectivity index (χ3v) is 3.71. The summed E-state index contributed by atoms with van der Waals surface area (Å²) in [7, 11) is 1.50. The summed E-state index contributed by atoms with van der Waals surface area (Å²) >= 11 is 5.64. The molecule has 0 atom stereocenters. The molecule has 4 nitrogen and oxygen atoms in total. The number of hydrogen-bond donors (Lipinski definition) is 1. The minimum atomic E-state index is -3.84. The first kappa shape index (κ1) is 10.7. The molecule has 0 saturated heterocycles. The maximum atomic E-state index is 11.4. The zero-order valence-corrected chi connectivity index (χ0v) is 9.70. The number of fused-ring (bicyclic) bond motifs is 1. The molecule has 1 aromatic carbocycles. The zero-order chi connectivity index (χ0) is 11.1. The van der Waals surface area contributed by atoms with Gasteiger partial charge in [0.2, 0.25) is 0 Å². The molecule has 0 spiro atoms. The van der Waals surface area contributed by atoms with E-state index >= 15 is 0 Å². The molecule has 15 heavy (non-hydrogen) atoms. The highest BCUT2D eigenvalue weighted by molar-refractivity contribution is 8.14. The van der Waals surface area contributed by atoms with Crippen molar-refractivity contribution in [3.8, 4) is 0 Å². The van der Waals surface area contributed by atoms with Crippen LogP contribution in [0, 0.1) is 0 Å². The summed E-state index contributed by atoms with van der Waals surface area (Å²) in [6.45, 7) is 0. The van der Waals surface area contributed by atoms with Crippen molar-refractivity contribution in [3.05, 3.63) is 24.0 Å². The highest BCUT2D eigenvalue weighted by Gasteiger charge is 2.20. The van der Waals surface area contributed by atoms with Crippen LogP contribution in [0.4, 0.5) is 0 Å². The SMILES string of the molecule is O=S(=O)(Cl)c1c(CCl)ccc2[nH]cnc12. The molecular weight excluding hydrogens is 259 g/mol. The van der Waals surface area contributed by atoms with Gasteiger partial charge >= 0.3 is 0 Å². The van der Waals surface area contributed by atoms with E-state index < -0.39 is 9.05 Å². The van der Waals surface area contributed by atoms with Gasteiger partial charge in [0.1, 0.15) is 10.4 Å². The number of H-pyrrole nitrogens is 1. The Bertz CT molecular complexity index is 606. The van der Waals surface area contributed by atoms with Crippen LogP contribution in [0.2, 0.25) is 0 Å². The molecular formula is C8H6Cl2N2O2S. The van der Waals surface area contributed by atoms with Crippen LogP contribution in [0.15, 0.2) is 23.4 Å². The number of hydrogen-bond acceptors (Lipinski definition) is 3. The molecule has 0 aliphatic rings. The van der Waals surface area contributed by atoms with E-state index in [-0.39, 0.29) is 10.8 Å². The van der Waals surface area contributed by atoms with Gasteiger partial charge in [-0.2, -0.15) is 0 Å². The average Bonchev–Trinajstić information content (AvgIpc) is 2.61. The Morgan fingerprint density at radius 1 is 1.40 bits per heavy atom. The van der Waals surface area contributed by atoms with Gasteiger partial charge in [-0.05, 0) is 11.6 Å². The molecule has 0 fully saturated rings. The summed E-state index contributed by atoms with van der Waals surface area (Å²) in [5, 5.41) is 0. The normalized spacial score (nSPS) is 12.1. The lowest BCUT2D eigenvalue weighted by molar-refractivity contribution is 0.609. The molecule has 0 bridgehead atoms. The molecule has 2 aromatic rings. The number of rotatable bonds is 2. The second-order valence-electron chi connectivity index (χ2n) is 2.92. The van der Waals surface area contributed by atoms with Crippen molar-refractivity contribution >= 4 is 42.4 Å². The molecule has 2 rings (SSSR count). The van der Waals surface area contributed by atoms with Gasteiger partial charge in [0.05, 0.1) is 11.8 Å². The van der Waals surface area contributed by atoms with Crippen LogP contribution in [0.1, 0.15) is 5.56 Å². The van der Waals surface area contributed by atoms with Crippen LogP contribution in [-0.4, -0.2) is 18.4 Å². The number of aromatic nitrogens is 2. The maximum absolute atomic E-state index is 11.4. The molecule has 0 unspecified atom stereocenters. The highest BCUT2D eigenvalue weighted by Crippen LogP contribution is 2.28. The number of halogens is 2. The summed E-state index contributed by atoms with van der Waals surface area (Å²) in [6, 6.07) is 3.33. The Labute approximate surface area is 95.6 Å². The first-order chi connectivity index (χ1) is 7.04. The van der Waals surface area contributed by atoms with E-state index in [0.29, 0.717) is 16.6 Å². The quantitative estimate of drug-likeness (QED) is 0.669. The fourth-order valence-corrected chi connectivity index (χ4v) is 3.07. The molecule has 0 saturated carbocycles. The van der Waals surface area contributed by atoms with Gasteiger partial charge in [-0.3, -0.25) is 0 Å². The van der Waals surface area contributed by atoms with Crippen LogP contribution in [0.5, 0.6) is 0 Å². The first-order valence-corrected chi connectivity index (χ1v) is 6.84. The highest BCUT2D eigenvalue weighted by atomic mass is 35.7. The number of aromatic amines is 1. The molecule has 0 aliphatic heterocycles. The summed E-state index contributed by atoms with van der Waals surface area (Å²) < 4.78 is 22.8. The number of nitrogens with one attached hydrogen (secondary N) is 1. The topological polar surface area (TPSA) is 62.8 Å². The van der Waals surface area contributed by atoms with Crippen LogP contribution in [0.25, 0.3) is 11.0 Å². The predicted octanol–water partition coefficient (Wildman–Crippen LogP) is 2.23. The van der Waals surface area contributed by atoms with Gasteiger partial charge in [-0.1, -0.05) is 6.07 Å². The molecule has 0 amide bonds. The lowest BCUT2D eigenvalue weighted by Gasteiger charge is -2.03. The largest absolute Gasteiger partial charge is 0.345 e. The summed E-state index contributed by atoms with van der Waals surface area (Å²) in [6.07, 6.45) is 1.41. The van der Waals surface area contributed by atoms with E-state index in [1.54, 1.807) is 12.1 Å². The predicted molar refractivity (Wildman–Crippen MR) is 58.7 cm³/mol. The third kappa shape index (κ3) is 1.82. The van der Waals surface area contributed by atoms with Gasteiger partial charge in [0.25, 0.3) is 9.05 Å². The Hall–Kier alpha value is -0.780. The molecule has 0 radical (unpaired) electrons. The summed E-state index contributed by atoms with van der Waals surface area (Å²) in [5.74, 6) is 0.0735. The van der Waals surface area contributed by atoms with Crippen molar-refractivity contribution in [1.82, 2.24) is 9.97 Å². The van der Waals surface area contributed by atoms with E-state index in [9.17, 15) is 8.42 Å². The molecule has 1 aromatic heterocycles. The maximum Gasteiger partial charge on any atom is 0.263 e. The minimum absolute atomic E-state index is 0.0158. The van der Waals surface area contributed by atoms with E-state index in [1.807, 2.05) is 0 Å². The van der Waals surface area contributed by atoms with E-state index in [4.69, 9.17) is 22.3 Å². The number of benzene rings is 1. The standard InChI is InChI=1S/C8H6Cl2N2O2S/c9-3-5-1-2-6-7(12-4-11-6)8(5)15(10,13)14/h1-2,4H,3H2,(H,11,12). The van der Waals surface area contributed by atoms with Gasteiger partial charge in [-0.15, -0.1) is 11.6 Å². The fraction of sp³-hybridized carbons (Fsp3) is 0.125. The lowest BCUT2D eigenvalue weighted by atomic mass is 10.2. The summed E-state index contributed by atoms with van der Waals surface area (Å²) in [5.41, 5.74) is 1.39. The second kappa shape index (κ2) is 3.66. The molecule has 1 heterocycles. The van der Waals surface area contributed by atoms with Crippen LogP contribution >= 0.6 is 22.3 Å². The molecule has 7 heteroatoms. The minimum Gasteiger partial charge on any atom is -0.345 e. The van der Waals surface area contributed by atoms with Gasteiger partial charge < -0.3 is 4.98 Å². The van der Waals surface area contributed by atoms with Crippen molar-refractivity contribution in [2.24, 2.45) is 0 Å². The van der Waals surface area contributed by atoms with Crippen molar-refractivity contribution in [2.75, 3.05) is 0 Å². The van der Waals surface area contributed by atoms with Crippen LogP contribution in [0.3, 0.4) is 0 Å². The van der Waals surface area contributed by atoms with Gasteiger partial charge in [-0.25, -0.2) is 13.4 Å². The van der Waals surface area contributed by atoms with Crippen molar-refractivity contribution in [3.63, 3.8) is 0 Å².